The number of hydrogen-bond donors (Lipinski definition) is 2. The third-order valence-electron chi connectivity index (χ3n) is 9.82. The first-order chi connectivity index (χ1) is 23.6. The summed E-state index contributed by atoms with van der Waals surface area (Å²) in [5.41, 5.74) is 3.59. The number of nitrogens with zero attached hydrogens (tertiary/aromatic N) is 2. The molecule has 9 nitrogen and oxygen atoms in total. The second kappa shape index (κ2) is 15.4. The normalized spacial score (nSPS) is 16.0. The van der Waals surface area contributed by atoms with E-state index in [4.69, 9.17) is 4.74 Å². The number of amides is 2. The average molecular weight is 667 g/mol. The first-order valence-corrected chi connectivity index (χ1v) is 16.8. The molecule has 0 saturated carbocycles. The van der Waals surface area contributed by atoms with Gasteiger partial charge >= 0.3 is 5.97 Å². The third-order valence-corrected chi connectivity index (χ3v) is 9.82. The highest BCUT2D eigenvalue weighted by Crippen LogP contribution is 2.47. The number of rotatable bonds is 12. The molecule has 2 N–H and O–H groups in total. The van der Waals surface area contributed by atoms with E-state index in [1.165, 1.54) is 12.1 Å². The Balaban J connectivity index is 1.36. The van der Waals surface area contributed by atoms with Crippen molar-refractivity contribution in [2.24, 2.45) is 5.41 Å². The van der Waals surface area contributed by atoms with E-state index in [1.807, 2.05) is 51.1 Å². The number of ether oxygens (including phenoxy) is 1. The predicted molar refractivity (Wildman–Crippen MR) is 184 cm³/mol. The quantitative estimate of drug-likeness (QED) is 0.176. The minimum absolute atomic E-state index is 0.113. The molecule has 2 amide bonds. The van der Waals surface area contributed by atoms with Gasteiger partial charge in [-0.3, -0.25) is 19.2 Å². The summed E-state index contributed by atoms with van der Waals surface area (Å²) in [6.07, 6.45) is 2.30. The van der Waals surface area contributed by atoms with E-state index < -0.39 is 29.2 Å². The Morgan fingerprint density at radius 1 is 0.959 bits per heavy atom. The molecule has 256 valence electrons. The molecule has 0 radical (unpaired) electrons. The van der Waals surface area contributed by atoms with Gasteiger partial charge in [-0.1, -0.05) is 62.4 Å². The maximum absolute atomic E-state index is 14.4. The average Bonchev–Trinajstić information content (AvgIpc) is 3.55. The number of H-pyrrole nitrogens is 1. The van der Waals surface area contributed by atoms with Crippen molar-refractivity contribution in [2.45, 2.75) is 78.5 Å². The molecule has 0 aliphatic carbocycles. The van der Waals surface area contributed by atoms with Crippen molar-refractivity contribution in [2.75, 3.05) is 6.54 Å². The second-order valence-electron chi connectivity index (χ2n) is 12.8. The lowest BCUT2D eigenvalue weighted by Gasteiger charge is -2.42. The molecule has 4 aromatic rings. The molecular weight excluding hydrogens is 623 g/mol. The molecule has 2 heterocycles. The highest BCUT2D eigenvalue weighted by Gasteiger charge is 2.52. The summed E-state index contributed by atoms with van der Waals surface area (Å²) in [4.78, 5) is 55.3. The number of halogens is 1. The van der Waals surface area contributed by atoms with Crippen molar-refractivity contribution in [1.29, 1.82) is 0 Å². The minimum Gasteiger partial charge on any atom is -0.460 e. The lowest BCUT2D eigenvalue weighted by atomic mass is 9.74. The van der Waals surface area contributed by atoms with E-state index in [0.717, 1.165) is 16.7 Å². The number of nitrogens with one attached hydrogen (secondary N) is 2. The van der Waals surface area contributed by atoms with E-state index >= 15 is 0 Å². The number of carbonyl (C=O) groups is 3. The molecule has 1 aliphatic heterocycles. The molecular formula is C39H43FN4O5. The topological polar surface area (TPSA) is 121 Å². The molecule has 0 bridgehead atoms. The molecule has 2 atom stereocenters. The maximum Gasteiger partial charge on any atom is 0.314 e. The van der Waals surface area contributed by atoms with Gasteiger partial charge < -0.3 is 15.0 Å². The zero-order valence-electron chi connectivity index (χ0n) is 28.4. The molecule has 3 aromatic carbocycles. The van der Waals surface area contributed by atoms with Crippen molar-refractivity contribution in [3.63, 3.8) is 0 Å². The first kappa shape index (κ1) is 35.2. The molecule has 49 heavy (non-hydrogen) atoms. The van der Waals surface area contributed by atoms with Crippen LogP contribution in [0.3, 0.4) is 0 Å². The fraction of sp³-hybridized carbons (Fsp3) is 0.359. The Morgan fingerprint density at radius 3 is 2.41 bits per heavy atom. The summed E-state index contributed by atoms with van der Waals surface area (Å²) in [7, 11) is 0. The van der Waals surface area contributed by atoms with Crippen LogP contribution in [0.4, 0.5) is 4.39 Å². The number of aryl methyl sites for hydroxylation is 2. The van der Waals surface area contributed by atoms with E-state index in [1.54, 1.807) is 48.2 Å². The summed E-state index contributed by atoms with van der Waals surface area (Å²) in [5.74, 6) is -1.60. The fourth-order valence-electron chi connectivity index (χ4n) is 7.04. The SMILES string of the molecule is CCC(CC)(C(=O)OCc1ccccc1)[C@H]1CC[C@@H](c2cccc(F)c2)N1C(=O)CNC(=O)c1ccc(Cc2cc(C)n[nH]c2=O)c(C)c1. The molecule has 1 saturated heterocycles. The number of aromatic amines is 1. The molecule has 0 unspecified atom stereocenters. The van der Waals surface area contributed by atoms with Gasteiger partial charge in [-0.25, -0.2) is 9.49 Å². The van der Waals surface area contributed by atoms with Crippen LogP contribution in [0.15, 0.2) is 83.7 Å². The second-order valence-corrected chi connectivity index (χ2v) is 12.8. The number of hydrogen-bond acceptors (Lipinski definition) is 6. The molecule has 1 aliphatic rings. The lowest BCUT2D eigenvalue weighted by molar-refractivity contribution is -0.164. The highest BCUT2D eigenvalue weighted by atomic mass is 19.1. The van der Waals surface area contributed by atoms with Gasteiger partial charge in [0.15, 0.2) is 0 Å². The van der Waals surface area contributed by atoms with Crippen LogP contribution < -0.4 is 10.9 Å². The van der Waals surface area contributed by atoms with Gasteiger partial charge in [-0.05, 0) is 92.1 Å². The Bertz CT molecular complexity index is 1870. The van der Waals surface area contributed by atoms with Crippen LogP contribution >= 0.6 is 0 Å². The number of likely N-dealkylation sites (tertiary alicyclic amines) is 1. The summed E-state index contributed by atoms with van der Waals surface area (Å²) in [5, 5.41) is 9.19. The maximum atomic E-state index is 14.4. The number of esters is 1. The van der Waals surface area contributed by atoms with Gasteiger partial charge in [-0.15, -0.1) is 0 Å². The van der Waals surface area contributed by atoms with E-state index in [0.29, 0.717) is 54.5 Å². The lowest BCUT2D eigenvalue weighted by Crippen LogP contribution is -2.53. The standard InChI is InChI=1S/C39H43FN4O5/c1-5-39(6-2,38(48)49-24-27-11-8-7-9-12-27)34-18-17-33(29-13-10-14-32(40)22-29)44(34)35(45)23-41-36(46)30-16-15-28(25(3)19-30)21-31-20-26(4)42-43-37(31)47/h7-16,19-20,22,33-34H,5-6,17-18,21,23-24H2,1-4H3,(H,41,46)(H,43,47)/t33-,34+/m0/s1. The number of aromatic nitrogens is 2. The van der Waals surface area contributed by atoms with Crippen LogP contribution in [0, 0.1) is 25.1 Å². The van der Waals surface area contributed by atoms with Gasteiger partial charge in [0.1, 0.15) is 12.4 Å². The largest absolute Gasteiger partial charge is 0.460 e. The number of carbonyl (C=O) groups excluding carboxylic acids is 3. The summed E-state index contributed by atoms with van der Waals surface area (Å²) in [6, 6.07) is 21.5. The van der Waals surface area contributed by atoms with Crippen molar-refractivity contribution < 1.29 is 23.5 Å². The molecule has 1 aromatic heterocycles. The van der Waals surface area contributed by atoms with Crippen molar-refractivity contribution in [3.8, 4) is 0 Å². The zero-order chi connectivity index (χ0) is 35.1. The van der Waals surface area contributed by atoms with Gasteiger partial charge in [0.2, 0.25) is 5.91 Å². The Morgan fingerprint density at radius 2 is 1.71 bits per heavy atom. The third kappa shape index (κ3) is 7.80. The van der Waals surface area contributed by atoms with Crippen LogP contribution in [0.5, 0.6) is 0 Å². The van der Waals surface area contributed by atoms with Crippen molar-refractivity contribution in [1.82, 2.24) is 20.4 Å². The van der Waals surface area contributed by atoms with E-state index in [2.05, 4.69) is 15.5 Å². The Labute approximate surface area is 285 Å². The van der Waals surface area contributed by atoms with Crippen LogP contribution in [0.2, 0.25) is 0 Å². The smallest absolute Gasteiger partial charge is 0.314 e. The molecule has 0 spiro atoms. The van der Waals surface area contributed by atoms with E-state index in [9.17, 15) is 23.6 Å². The van der Waals surface area contributed by atoms with Gasteiger partial charge in [0.05, 0.1) is 23.7 Å². The highest BCUT2D eigenvalue weighted by molar-refractivity contribution is 5.97. The Kier molecular flexibility index (Phi) is 11.1. The van der Waals surface area contributed by atoms with Gasteiger partial charge in [0.25, 0.3) is 11.5 Å². The van der Waals surface area contributed by atoms with Crippen LogP contribution in [0.1, 0.15) is 89.4 Å². The van der Waals surface area contributed by atoms with Crippen LogP contribution in [-0.2, 0) is 27.4 Å². The van der Waals surface area contributed by atoms with Crippen LogP contribution in [0.25, 0.3) is 0 Å². The summed E-state index contributed by atoms with van der Waals surface area (Å²) < 4.78 is 20.3. The predicted octanol–water partition coefficient (Wildman–Crippen LogP) is 6.13. The Hall–Kier alpha value is -5.12. The molecule has 5 rings (SSSR count). The molecule has 1 fully saturated rings. The van der Waals surface area contributed by atoms with Gasteiger partial charge in [0, 0.05) is 23.6 Å². The fourth-order valence-corrected chi connectivity index (χ4v) is 7.04. The summed E-state index contributed by atoms with van der Waals surface area (Å²) >= 11 is 0. The van der Waals surface area contributed by atoms with Crippen LogP contribution in [-0.4, -0.2) is 45.5 Å². The van der Waals surface area contributed by atoms with E-state index in [-0.39, 0.29) is 30.6 Å². The monoisotopic (exact) mass is 666 g/mol. The van der Waals surface area contributed by atoms with Crippen molar-refractivity contribution in [3.05, 3.63) is 134 Å². The molecule has 10 heteroatoms. The van der Waals surface area contributed by atoms with Crippen molar-refractivity contribution >= 4 is 17.8 Å². The summed E-state index contributed by atoms with van der Waals surface area (Å²) in [6.45, 7) is 7.31. The first-order valence-electron chi connectivity index (χ1n) is 16.8. The van der Waals surface area contributed by atoms with Gasteiger partial charge in [-0.2, -0.15) is 5.10 Å². The minimum atomic E-state index is -1.00. The number of benzene rings is 3. The zero-order valence-corrected chi connectivity index (χ0v) is 28.4.